The lowest BCUT2D eigenvalue weighted by Gasteiger charge is -2.22. The Kier molecular flexibility index (Phi) is 5.39. The van der Waals surface area contributed by atoms with Gasteiger partial charge in [-0.2, -0.15) is 0 Å². The summed E-state index contributed by atoms with van der Waals surface area (Å²) in [6.45, 7) is 9.63. The molecule has 0 aliphatic heterocycles. The van der Waals surface area contributed by atoms with Crippen molar-refractivity contribution in [3.8, 4) is 0 Å². The van der Waals surface area contributed by atoms with E-state index in [-0.39, 0.29) is 16.4 Å². The van der Waals surface area contributed by atoms with Gasteiger partial charge >= 0.3 is 0 Å². The summed E-state index contributed by atoms with van der Waals surface area (Å²) in [7, 11) is -4.02. The zero-order valence-corrected chi connectivity index (χ0v) is 14.8. The first-order valence-corrected chi connectivity index (χ1v) is 9.07. The lowest BCUT2D eigenvalue weighted by molar-refractivity contribution is -0.130. The molecule has 0 spiro atoms. The Labute approximate surface area is 150 Å². The summed E-state index contributed by atoms with van der Waals surface area (Å²) < 4.78 is 37.6. The molecule has 1 atom stereocenters. The van der Waals surface area contributed by atoms with Crippen LogP contribution in [0.1, 0.15) is 12.5 Å². The first kappa shape index (κ1) is 19.5. The fraction of sp³-hybridized carbons (Fsp3) is 0.235. The van der Waals surface area contributed by atoms with Crippen molar-refractivity contribution >= 4 is 27.2 Å². The lowest BCUT2D eigenvalue weighted by Crippen LogP contribution is -2.45. The lowest BCUT2D eigenvalue weighted by atomic mass is 10.1. The Morgan fingerprint density at radius 2 is 2.00 bits per heavy atom. The van der Waals surface area contributed by atoms with E-state index in [1.165, 1.54) is 12.3 Å². The van der Waals surface area contributed by atoms with E-state index in [1.54, 1.807) is 6.92 Å². The number of carbonyl (C=O) groups is 1. The maximum Gasteiger partial charge on any atom is 0.272 e. The van der Waals surface area contributed by atoms with E-state index in [2.05, 4.69) is 15.1 Å². The molecule has 1 aromatic heterocycles. The predicted molar refractivity (Wildman–Crippen MR) is 92.9 cm³/mol. The average Bonchev–Trinajstić information content (AvgIpc) is 2.54. The molecule has 0 saturated heterocycles. The number of nitrogens with zero attached hydrogens (tertiary/aromatic N) is 2. The normalized spacial score (nSPS) is 13.5. The molecule has 136 valence electrons. The minimum absolute atomic E-state index is 0.175. The van der Waals surface area contributed by atoms with Crippen molar-refractivity contribution in [1.29, 1.82) is 0 Å². The third-order valence-electron chi connectivity index (χ3n) is 3.55. The smallest absolute Gasteiger partial charge is 0.272 e. The van der Waals surface area contributed by atoms with Gasteiger partial charge < -0.3 is 15.3 Å². The van der Waals surface area contributed by atoms with Crippen molar-refractivity contribution in [2.75, 3.05) is 11.1 Å². The van der Waals surface area contributed by atoms with Crippen molar-refractivity contribution in [2.45, 2.75) is 24.3 Å². The molecule has 2 rings (SSSR count). The first-order valence-electron chi connectivity index (χ1n) is 7.41. The molecular formula is C17H16FN3O4S. The van der Waals surface area contributed by atoms with Gasteiger partial charge in [-0.15, -0.1) is 4.98 Å². The molecule has 2 N–H and O–H groups in total. The number of rotatable bonds is 5. The molecule has 1 aromatic carbocycles. The second-order valence-electron chi connectivity index (χ2n) is 5.92. The van der Waals surface area contributed by atoms with Crippen LogP contribution in [0.3, 0.4) is 0 Å². The molecule has 1 heterocycles. The van der Waals surface area contributed by atoms with Gasteiger partial charge in [0.05, 0.1) is 16.3 Å². The van der Waals surface area contributed by atoms with Gasteiger partial charge in [0.15, 0.2) is 15.4 Å². The molecule has 2 aromatic rings. The maximum absolute atomic E-state index is 12.9. The van der Waals surface area contributed by atoms with Crippen LogP contribution in [0, 0.1) is 19.3 Å². The van der Waals surface area contributed by atoms with Crippen molar-refractivity contribution in [3.05, 3.63) is 59.3 Å². The van der Waals surface area contributed by atoms with Crippen LogP contribution in [0.2, 0.25) is 0 Å². The van der Waals surface area contributed by atoms with Crippen LogP contribution < -0.4 is 5.32 Å². The highest BCUT2D eigenvalue weighted by Crippen LogP contribution is 2.21. The Morgan fingerprint density at radius 1 is 1.38 bits per heavy atom. The molecule has 0 unspecified atom stereocenters. The molecule has 0 saturated carbocycles. The van der Waals surface area contributed by atoms with Gasteiger partial charge in [0, 0.05) is 0 Å². The molecule has 0 fully saturated rings. The Morgan fingerprint density at radius 3 is 2.54 bits per heavy atom. The zero-order chi connectivity index (χ0) is 19.5. The van der Waals surface area contributed by atoms with E-state index in [4.69, 9.17) is 6.57 Å². The van der Waals surface area contributed by atoms with Crippen LogP contribution in [0.5, 0.6) is 0 Å². The summed E-state index contributed by atoms with van der Waals surface area (Å²) in [5, 5.41) is 12.7. The fourth-order valence-corrected chi connectivity index (χ4v) is 3.77. The largest absolute Gasteiger partial charge is 0.379 e. The van der Waals surface area contributed by atoms with Gasteiger partial charge in [-0.1, -0.05) is 6.57 Å². The topological polar surface area (TPSA) is 101 Å². The number of aromatic nitrogens is 1. The molecule has 26 heavy (non-hydrogen) atoms. The highest BCUT2D eigenvalue weighted by atomic mass is 32.2. The summed E-state index contributed by atoms with van der Waals surface area (Å²) in [6.07, 6.45) is 1.24. The van der Waals surface area contributed by atoms with E-state index >= 15 is 0 Å². The van der Waals surface area contributed by atoms with E-state index in [9.17, 15) is 22.7 Å². The summed E-state index contributed by atoms with van der Waals surface area (Å²) in [5.74, 6) is -2.25. The molecule has 7 nitrogen and oxygen atoms in total. The number of hydrogen-bond donors (Lipinski definition) is 2. The quantitative estimate of drug-likeness (QED) is 0.615. The van der Waals surface area contributed by atoms with Crippen LogP contribution in [-0.4, -0.2) is 35.8 Å². The summed E-state index contributed by atoms with van der Waals surface area (Å²) in [6, 6.07) is 5.58. The van der Waals surface area contributed by atoms with Gasteiger partial charge in [-0.05, 0) is 49.7 Å². The number of nitrogens with one attached hydrogen (secondary N) is 1. The fourth-order valence-electron chi connectivity index (χ4n) is 2.18. The van der Waals surface area contributed by atoms with E-state index < -0.39 is 32.9 Å². The molecule has 1 amide bonds. The van der Waals surface area contributed by atoms with Gasteiger partial charge in [-0.3, -0.25) is 4.79 Å². The summed E-state index contributed by atoms with van der Waals surface area (Å²) >= 11 is 0. The van der Waals surface area contributed by atoms with Crippen molar-refractivity contribution in [3.63, 3.8) is 0 Å². The molecule has 0 aliphatic carbocycles. The van der Waals surface area contributed by atoms with Gasteiger partial charge in [0.1, 0.15) is 12.0 Å². The maximum atomic E-state index is 12.9. The van der Waals surface area contributed by atoms with Crippen LogP contribution >= 0.6 is 0 Å². The number of pyridine rings is 1. The standard InChI is InChI=1S/C17H16FN3O4S/c1-11-8-13(9-20-15(11)19-3)21-16(22)17(2,23)10-26(24,25)14-6-4-12(18)5-7-14/h4-9,23H,10H2,1-2H3,(H,21,22)/t17-/m0/s1. The Balaban J connectivity index is 2.18. The van der Waals surface area contributed by atoms with Crippen LogP contribution in [0.4, 0.5) is 15.9 Å². The van der Waals surface area contributed by atoms with Crippen LogP contribution in [0.25, 0.3) is 4.85 Å². The van der Waals surface area contributed by atoms with Crippen LogP contribution in [-0.2, 0) is 14.6 Å². The Bertz CT molecular complexity index is 980. The number of aliphatic hydroxyl groups is 1. The summed E-state index contributed by atoms with van der Waals surface area (Å²) in [4.78, 5) is 19.1. The number of halogens is 1. The van der Waals surface area contributed by atoms with Gasteiger partial charge in [-0.25, -0.2) is 12.8 Å². The number of hydrogen-bond acceptors (Lipinski definition) is 5. The second kappa shape index (κ2) is 7.19. The third-order valence-corrected chi connectivity index (χ3v) is 5.48. The van der Waals surface area contributed by atoms with Crippen molar-refractivity contribution < 1.29 is 22.7 Å². The minimum Gasteiger partial charge on any atom is -0.379 e. The minimum atomic E-state index is -4.02. The van der Waals surface area contributed by atoms with E-state index in [1.807, 2.05) is 0 Å². The number of anilines is 1. The Hall–Kier alpha value is -2.83. The van der Waals surface area contributed by atoms with Crippen LogP contribution in [0.15, 0.2) is 41.4 Å². The number of benzene rings is 1. The van der Waals surface area contributed by atoms with Gasteiger partial charge in [0.25, 0.3) is 11.7 Å². The predicted octanol–water partition coefficient (Wildman–Crippen LogP) is 2.24. The molecule has 0 aliphatic rings. The highest BCUT2D eigenvalue weighted by Gasteiger charge is 2.37. The number of amides is 1. The molecule has 9 heteroatoms. The molecule has 0 bridgehead atoms. The number of carbonyl (C=O) groups excluding carboxylic acids is 1. The monoisotopic (exact) mass is 377 g/mol. The molecule has 0 radical (unpaired) electrons. The van der Waals surface area contributed by atoms with E-state index in [0.29, 0.717) is 5.56 Å². The number of sulfone groups is 1. The first-order chi connectivity index (χ1) is 12.0. The van der Waals surface area contributed by atoms with Crippen molar-refractivity contribution in [2.24, 2.45) is 0 Å². The highest BCUT2D eigenvalue weighted by molar-refractivity contribution is 7.91. The third kappa shape index (κ3) is 4.41. The summed E-state index contributed by atoms with van der Waals surface area (Å²) in [5.41, 5.74) is -1.49. The SMILES string of the molecule is [C-]#[N+]c1ncc(NC(=O)[C@@](C)(O)CS(=O)(=O)c2ccc(F)cc2)cc1C. The van der Waals surface area contributed by atoms with Gasteiger partial charge in [0.2, 0.25) is 0 Å². The zero-order valence-electron chi connectivity index (χ0n) is 14.0. The average molecular weight is 377 g/mol. The van der Waals surface area contributed by atoms with Crippen molar-refractivity contribution in [1.82, 2.24) is 4.98 Å². The molecular weight excluding hydrogens is 361 g/mol. The van der Waals surface area contributed by atoms with E-state index in [0.717, 1.165) is 31.2 Å². The second-order valence-corrected chi connectivity index (χ2v) is 7.91. The number of aryl methyl sites for hydroxylation is 1.